The highest BCUT2D eigenvalue weighted by atomic mass is 28.4. The van der Waals surface area contributed by atoms with Crippen molar-refractivity contribution in [1.29, 1.82) is 0 Å². The van der Waals surface area contributed by atoms with Crippen LogP contribution in [-0.2, 0) is 25.0 Å². The zero-order chi connectivity index (χ0) is 30.6. The number of ether oxygens (including phenoxy) is 1. The lowest BCUT2D eigenvalue weighted by molar-refractivity contribution is -0.108. The van der Waals surface area contributed by atoms with Crippen molar-refractivity contribution in [2.24, 2.45) is 17.0 Å². The van der Waals surface area contributed by atoms with Crippen LogP contribution in [-0.4, -0.2) is 48.3 Å². The number of benzene rings is 1. The Balaban J connectivity index is 3.28. The fourth-order valence-corrected chi connectivity index (χ4v) is 6.83. The smallest absolute Gasteiger partial charge is 0.192 e. The first-order valence-electron chi connectivity index (χ1n) is 14.9. The molecule has 0 aliphatic rings. The van der Waals surface area contributed by atoms with Crippen LogP contribution in [0.2, 0.25) is 36.3 Å². The lowest BCUT2D eigenvalue weighted by Gasteiger charge is -2.45. The summed E-state index contributed by atoms with van der Waals surface area (Å²) in [4.78, 5) is 14.6. The molecule has 1 aromatic rings. The molecule has 0 fully saturated rings. The Labute approximate surface area is 246 Å². The van der Waals surface area contributed by atoms with E-state index in [4.69, 9.17) is 13.6 Å². The van der Waals surface area contributed by atoms with Gasteiger partial charge in [-0.25, -0.2) is 0 Å². The highest BCUT2D eigenvalue weighted by Crippen LogP contribution is 2.42. The fraction of sp³-hybridized carbons (Fsp3) is 0.774. The number of carbonyl (C=O) groups excluding carboxylic acids is 1. The maximum absolute atomic E-state index is 11.4. The largest absolute Gasteiger partial charge is 0.417 e. The lowest BCUT2D eigenvalue weighted by atomic mass is 9.80. The number of hydrogen-bond donors (Lipinski definition) is 0. The predicted molar refractivity (Wildman–Crippen MR) is 171 cm³/mol. The first-order chi connectivity index (χ1) is 18.5. The standard InChI is InChI=1S/C31H57N3O4Si2/c1-25(23-37-39(8,9)30(2,3)4)29(27(33-34-32)19-15-21-35)28(38-40(10,11)31(5,6)7)20-16-22-36-24-26-17-13-12-14-18-26/h12-14,17-18,21,25,27-29H,15-16,19-20,22-24H2,1-11H3/t25-,27+,28-,29-/m1/s1. The van der Waals surface area contributed by atoms with Crippen molar-refractivity contribution in [3.63, 3.8) is 0 Å². The average Bonchev–Trinajstić information content (AvgIpc) is 2.85. The van der Waals surface area contributed by atoms with Crippen molar-refractivity contribution in [1.82, 2.24) is 0 Å². The maximum Gasteiger partial charge on any atom is 0.192 e. The molecule has 0 spiro atoms. The van der Waals surface area contributed by atoms with E-state index in [0.29, 0.717) is 32.7 Å². The normalized spacial score (nSPS) is 16.1. The van der Waals surface area contributed by atoms with Crippen LogP contribution < -0.4 is 0 Å². The number of hydrogen-bond acceptors (Lipinski definition) is 5. The second kappa shape index (κ2) is 16.2. The molecule has 0 radical (unpaired) electrons. The quantitative estimate of drug-likeness (QED) is 0.0424. The lowest BCUT2D eigenvalue weighted by Crippen LogP contribution is -2.50. The van der Waals surface area contributed by atoms with Gasteiger partial charge in [-0.2, -0.15) is 0 Å². The second-order valence-electron chi connectivity index (χ2n) is 14.2. The van der Waals surface area contributed by atoms with E-state index < -0.39 is 16.6 Å². The molecule has 0 aliphatic heterocycles. The van der Waals surface area contributed by atoms with Crippen LogP contribution in [0, 0.1) is 11.8 Å². The van der Waals surface area contributed by atoms with Gasteiger partial charge in [-0.15, -0.1) is 0 Å². The van der Waals surface area contributed by atoms with Crippen LogP contribution in [0.4, 0.5) is 0 Å². The van der Waals surface area contributed by atoms with E-state index in [1.807, 2.05) is 18.2 Å². The molecule has 1 aromatic carbocycles. The van der Waals surface area contributed by atoms with Gasteiger partial charge < -0.3 is 18.4 Å². The van der Waals surface area contributed by atoms with Crippen molar-refractivity contribution >= 4 is 22.9 Å². The SMILES string of the molecule is C[C@H](CO[Si](C)(C)C(C)(C)C)[C@H]([C@H](CCC=O)N=[N+]=[N-])[C@@H](CCCOCc1ccccc1)O[Si](C)(C)C(C)(C)C. The number of aldehydes is 1. The Morgan fingerprint density at radius 1 is 0.975 bits per heavy atom. The number of azide groups is 1. The summed E-state index contributed by atoms with van der Waals surface area (Å²) in [5.41, 5.74) is 10.7. The summed E-state index contributed by atoms with van der Waals surface area (Å²) in [7, 11) is -4.15. The molecule has 228 valence electrons. The zero-order valence-corrected chi connectivity index (χ0v) is 29.2. The molecule has 7 nitrogen and oxygen atoms in total. The summed E-state index contributed by atoms with van der Waals surface area (Å²) in [6.07, 6.45) is 3.24. The summed E-state index contributed by atoms with van der Waals surface area (Å²) in [5.74, 6) is 0.000138. The summed E-state index contributed by atoms with van der Waals surface area (Å²) >= 11 is 0. The second-order valence-corrected chi connectivity index (χ2v) is 23.8. The highest BCUT2D eigenvalue weighted by Gasteiger charge is 2.44. The average molecular weight is 592 g/mol. The predicted octanol–water partition coefficient (Wildman–Crippen LogP) is 9.31. The van der Waals surface area contributed by atoms with Gasteiger partial charge in [0.2, 0.25) is 0 Å². The van der Waals surface area contributed by atoms with Crippen LogP contribution in [0.25, 0.3) is 10.4 Å². The molecule has 0 aromatic heterocycles. The highest BCUT2D eigenvalue weighted by molar-refractivity contribution is 6.74. The molecule has 1 rings (SSSR count). The van der Waals surface area contributed by atoms with Crippen LogP contribution in [0.5, 0.6) is 0 Å². The van der Waals surface area contributed by atoms with Crippen molar-refractivity contribution in [3.05, 3.63) is 46.3 Å². The summed E-state index contributed by atoms with van der Waals surface area (Å²) in [6.45, 7) is 26.5. The van der Waals surface area contributed by atoms with Gasteiger partial charge in [-0.1, -0.05) is 83.9 Å². The third-order valence-electron chi connectivity index (χ3n) is 8.97. The van der Waals surface area contributed by atoms with Crippen molar-refractivity contribution < 1.29 is 18.4 Å². The molecular weight excluding hydrogens is 535 g/mol. The van der Waals surface area contributed by atoms with E-state index in [-0.39, 0.29) is 34.1 Å². The van der Waals surface area contributed by atoms with Gasteiger partial charge in [0.05, 0.1) is 6.61 Å². The molecule has 0 N–H and O–H groups in total. The minimum absolute atomic E-state index is 0.0251. The topological polar surface area (TPSA) is 93.5 Å². The Morgan fingerprint density at radius 3 is 2.10 bits per heavy atom. The number of rotatable bonds is 18. The third kappa shape index (κ3) is 11.8. The van der Waals surface area contributed by atoms with Crippen LogP contribution in [0.3, 0.4) is 0 Å². The van der Waals surface area contributed by atoms with Gasteiger partial charge in [0.1, 0.15) is 6.29 Å². The Kier molecular flexibility index (Phi) is 14.8. The van der Waals surface area contributed by atoms with Crippen LogP contribution in [0.1, 0.15) is 79.7 Å². The molecule has 0 heterocycles. The third-order valence-corrected chi connectivity index (χ3v) is 18.0. The van der Waals surface area contributed by atoms with Gasteiger partial charge in [0.25, 0.3) is 0 Å². The zero-order valence-electron chi connectivity index (χ0n) is 27.2. The van der Waals surface area contributed by atoms with E-state index in [1.54, 1.807) is 0 Å². The molecular formula is C31H57N3O4Si2. The molecule has 0 aliphatic carbocycles. The maximum atomic E-state index is 11.4. The molecule has 4 atom stereocenters. The Bertz CT molecular complexity index is 923. The summed E-state index contributed by atoms with van der Waals surface area (Å²) in [6, 6.07) is 9.84. The van der Waals surface area contributed by atoms with E-state index in [9.17, 15) is 10.3 Å². The summed E-state index contributed by atoms with van der Waals surface area (Å²) < 4.78 is 19.8. The summed E-state index contributed by atoms with van der Waals surface area (Å²) in [5, 5.41) is 4.37. The van der Waals surface area contributed by atoms with E-state index >= 15 is 0 Å². The van der Waals surface area contributed by atoms with E-state index in [1.165, 1.54) is 0 Å². The molecule has 0 saturated heterocycles. The van der Waals surface area contributed by atoms with Crippen LogP contribution >= 0.6 is 0 Å². The Hall–Kier alpha value is -1.49. The van der Waals surface area contributed by atoms with Gasteiger partial charge in [-0.3, -0.25) is 0 Å². The van der Waals surface area contributed by atoms with Crippen LogP contribution in [0.15, 0.2) is 35.4 Å². The van der Waals surface area contributed by atoms with Gasteiger partial charge in [-0.05, 0) is 78.5 Å². The van der Waals surface area contributed by atoms with Gasteiger partial charge >= 0.3 is 0 Å². The minimum Gasteiger partial charge on any atom is -0.417 e. The first kappa shape index (κ1) is 36.5. The number of nitrogens with zero attached hydrogens (tertiary/aromatic N) is 3. The molecule has 0 unspecified atom stereocenters. The fourth-order valence-electron chi connectivity index (χ4n) is 4.33. The van der Waals surface area contributed by atoms with Crippen molar-refractivity contribution in [2.45, 2.75) is 129 Å². The number of carbonyl (C=O) groups is 1. The molecule has 40 heavy (non-hydrogen) atoms. The minimum atomic E-state index is -2.16. The van der Waals surface area contributed by atoms with E-state index in [0.717, 1.165) is 24.7 Å². The Morgan fingerprint density at radius 2 is 1.57 bits per heavy atom. The van der Waals surface area contributed by atoms with Gasteiger partial charge in [0.15, 0.2) is 16.6 Å². The monoisotopic (exact) mass is 591 g/mol. The molecule has 0 amide bonds. The first-order valence-corrected chi connectivity index (χ1v) is 20.7. The molecule has 0 bridgehead atoms. The van der Waals surface area contributed by atoms with E-state index in [2.05, 4.69) is 96.8 Å². The van der Waals surface area contributed by atoms with Crippen molar-refractivity contribution in [3.8, 4) is 0 Å². The van der Waals surface area contributed by atoms with Crippen molar-refractivity contribution in [2.75, 3.05) is 13.2 Å². The molecule has 9 heteroatoms. The van der Waals surface area contributed by atoms with Gasteiger partial charge in [0, 0.05) is 36.7 Å². The molecule has 0 saturated carbocycles.